The quantitative estimate of drug-likeness (QED) is 0.303. The van der Waals surface area contributed by atoms with E-state index in [1.807, 2.05) is 0 Å². The second kappa shape index (κ2) is 8.62. The molecule has 2 aromatic rings. The number of phenols is 1. The molecule has 3 N–H and O–H groups in total. The number of phenolic OH excluding ortho intramolecular Hbond substituents is 1. The summed E-state index contributed by atoms with van der Waals surface area (Å²) in [6, 6.07) is 10.0. The monoisotopic (exact) mass is 377 g/mol. The van der Waals surface area contributed by atoms with Gasteiger partial charge in [0.15, 0.2) is 11.7 Å². The summed E-state index contributed by atoms with van der Waals surface area (Å²) >= 11 is 4.95. The first-order valence-corrected chi connectivity index (χ1v) is 7.65. The molecular weight excluding hydrogens is 362 g/mol. The third-order valence-corrected chi connectivity index (χ3v) is 3.33. The molecule has 0 spiro atoms. The Balaban J connectivity index is 1.87. The van der Waals surface area contributed by atoms with E-state index in [9.17, 15) is 20.0 Å². The zero-order chi connectivity index (χ0) is 19.1. The molecule has 1 amide bonds. The van der Waals surface area contributed by atoms with Gasteiger partial charge in [0.25, 0.3) is 11.6 Å². The van der Waals surface area contributed by atoms with E-state index in [1.54, 1.807) is 24.3 Å². The zero-order valence-corrected chi connectivity index (χ0v) is 14.4. The molecular formula is C16H15N3O6S. The van der Waals surface area contributed by atoms with Gasteiger partial charge in [0.05, 0.1) is 17.7 Å². The van der Waals surface area contributed by atoms with Crippen LogP contribution in [0.2, 0.25) is 0 Å². The highest BCUT2D eigenvalue weighted by Gasteiger charge is 2.12. The fourth-order valence-electron chi connectivity index (χ4n) is 1.87. The minimum Gasteiger partial charge on any atom is -0.506 e. The van der Waals surface area contributed by atoms with Gasteiger partial charge in [-0.05, 0) is 42.5 Å². The Kier molecular flexibility index (Phi) is 6.28. The Labute approximate surface area is 153 Å². The molecule has 9 nitrogen and oxygen atoms in total. The van der Waals surface area contributed by atoms with Crippen LogP contribution in [0.3, 0.4) is 0 Å². The Morgan fingerprint density at radius 1 is 1.23 bits per heavy atom. The predicted octanol–water partition coefficient (Wildman–Crippen LogP) is 2.20. The lowest BCUT2D eigenvalue weighted by Gasteiger charge is -2.11. The number of aromatic hydroxyl groups is 1. The first-order valence-electron chi connectivity index (χ1n) is 7.24. The number of non-ortho nitro benzene ring substituents is 1. The van der Waals surface area contributed by atoms with Crippen LogP contribution in [0, 0.1) is 10.1 Å². The SMILES string of the molecule is COc1ccc(OCC(=O)NC(=S)Nc2cc([N+](=O)[O-])ccc2O)cc1. The molecule has 26 heavy (non-hydrogen) atoms. The first kappa shape index (κ1) is 18.9. The minimum atomic E-state index is -0.616. The van der Waals surface area contributed by atoms with Crippen LogP contribution in [0.4, 0.5) is 11.4 Å². The molecule has 10 heteroatoms. The van der Waals surface area contributed by atoms with E-state index < -0.39 is 10.8 Å². The number of anilines is 1. The Bertz CT molecular complexity index is 825. The lowest BCUT2D eigenvalue weighted by atomic mass is 10.2. The van der Waals surface area contributed by atoms with Crippen LogP contribution >= 0.6 is 12.2 Å². The normalized spacial score (nSPS) is 9.88. The fraction of sp³-hybridized carbons (Fsp3) is 0.125. The maximum atomic E-state index is 11.8. The van der Waals surface area contributed by atoms with E-state index in [0.29, 0.717) is 11.5 Å². The Hall–Kier alpha value is -3.40. The molecule has 0 atom stereocenters. The summed E-state index contributed by atoms with van der Waals surface area (Å²) in [5.41, 5.74) is -0.233. The van der Waals surface area contributed by atoms with Gasteiger partial charge in [-0.3, -0.25) is 20.2 Å². The summed E-state index contributed by atoms with van der Waals surface area (Å²) in [7, 11) is 1.54. The molecule has 0 saturated carbocycles. The van der Waals surface area contributed by atoms with E-state index in [4.69, 9.17) is 21.7 Å². The molecule has 0 aliphatic heterocycles. The van der Waals surface area contributed by atoms with Crippen molar-refractivity contribution in [3.8, 4) is 17.2 Å². The van der Waals surface area contributed by atoms with Crippen LogP contribution in [0.15, 0.2) is 42.5 Å². The molecule has 0 radical (unpaired) electrons. The summed E-state index contributed by atoms with van der Waals surface area (Å²) in [5.74, 6) is 0.338. The number of nitro groups is 1. The Morgan fingerprint density at radius 3 is 2.50 bits per heavy atom. The zero-order valence-electron chi connectivity index (χ0n) is 13.6. The number of amides is 1. The van der Waals surface area contributed by atoms with Gasteiger partial charge in [-0.1, -0.05) is 0 Å². The van der Waals surface area contributed by atoms with Crippen molar-refractivity contribution in [2.45, 2.75) is 0 Å². The van der Waals surface area contributed by atoms with Gasteiger partial charge in [-0.25, -0.2) is 0 Å². The van der Waals surface area contributed by atoms with E-state index in [2.05, 4.69) is 10.6 Å². The first-order chi connectivity index (χ1) is 12.4. The highest BCUT2D eigenvalue weighted by Crippen LogP contribution is 2.27. The molecule has 0 saturated heterocycles. The summed E-state index contributed by atoms with van der Waals surface area (Å²) in [6.45, 7) is -0.297. The molecule has 0 fully saturated rings. The largest absolute Gasteiger partial charge is 0.506 e. The van der Waals surface area contributed by atoms with Crippen LogP contribution in [0.1, 0.15) is 0 Å². The topological polar surface area (TPSA) is 123 Å². The maximum absolute atomic E-state index is 11.8. The molecule has 0 aromatic heterocycles. The number of ether oxygens (including phenoxy) is 2. The summed E-state index contributed by atoms with van der Waals surface area (Å²) in [4.78, 5) is 22.0. The average molecular weight is 377 g/mol. The van der Waals surface area contributed by atoms with Crippen molar-refractivity contribution in [1.29, 1.82) is 0 Å². The number of carbonyl (C=O) groups is 1. The molecule has 0 unspecified atom stereocenters. The third kappa shape index (κ3) is 5.31. The van der Waals surface area contributed by atoms with Gasteiger partial charge in [0.1, 0.15) is 17.2 Å². The third-order valence-electron chi connectivity index (χ3n) is 3.12. The van der Waals surface area contributed by atoms with Crippen molar-refractivity contribution in [3.05, 3.63) is 52.6 Å². The highest BCUT2D eigenvalue weighted by atomic mass is 32.1. The predicted molar refractivity (Wildman–Crippen MR) is 97.6 cm³/mol. The van der Waals surface area contributed by atoms with Crippen molar-refractivity contribution < 1.29 is 24.3 Å². The van der Waals surface area contributed by atoms with E-state index in [-0.39, 0.29) is 28.8 Å². The van der Waals surface area contributed by atoms with Gasteiger partial charge in [0.2, 0.25) is 0 Å². The molecule has 0 aliphatic rings. The number of nitrogens with one attached hydrogen (secondary N) is 2. The van der Waals surface area contributed by atoms with Gasteiger partial charge >= 0.3 is 0 Å². The number of thiocarbonyl (C=S) groups is 1. The van der Waals surface area contributed by atoms with Crippen molar-refractivity contribution in [2.75, 3.05) is 19.0 Å². The fourth-order valence-corrected chi connectivity index (χ4v) is 2.10. The maximum Gasteiger partial charge on any atom is 0.271 e. The van der Waals surface area contributed by atoms with Gasteiger partial charge < -0.3 is 19.9 Å². The van der Waals surface area contributed by atoms with Gasteiger partial charge in [-0.2, -0.15) is 0 Å². The van der Waals surface area contributed by atoms with Crippen LogP contribution in [-0.4, -0.2) is 34.8 Å². The number of hydrogen-bond donors (Lipinski definition) is 3. The van der Waals surface area contributed by atoms with Crippen LogP contribution < -0.4 is 20.1 Å². The van der Waals surface area contributed by atoms with Crippen LogP contribution in [-0.2, 0) is 4.79 Å². The Morgan fingerprint density at radius 2 is 1.88 bits per heavy atom. The van der Waals surface area contributed by atoms with E-state index >= 15 is 0 Å². The summed E-state index contributed by atoms with van der Waals surface area (Å²) < 4.78 is 10.3. The second-order valence-electron chi connectivity index (χ2n) is 4.93. The number of carbonyl (C=O) groups excluding carboxylic acids is 1. The van der Waals surface area contributed by atoms with Crippen LogP contribution in [0.25, 0.3) is 0 Å². The smallest absolute Gasteiger partial charge is 0.271 e. The number of methoxy groups -OCH3 is 1. The molecule has 136 valence electrons. The lowest BCUT2D eigenvalue weighted by Crippen LogP contribution is -2.37. The van der Waals surface area contributed by atoms with E-state index in [1.165, 1.54) is 7.11 Å². The average Bonchev–Trinajstić information content (AvgIpc) is 2.62. The van der Waals surface area contributed by atoms with Crippen LogP contribution in [0.5, 0.6) is 17.2 Å². The minimum absolute atomic E-state index is 0.000530. The van der Waals surface area contributed by atoms with Crippen molar-refractivity contribution in [3.63, 3.8) is 0 Å². The number of nitrogens with zero attached hydrogens (tertiary/aromatic N) is 1. The summed E-state index contributed by atoms with van der Waals surface area (Å²) in [6.07, 6.45) is 0. The van der Waals surface area contributed by atoms with Gasteiger partial charge in [0, 0.05) is 12.1 Å². The number of rotatable bonds is 6. The molecule has 2 rings (SSSR count). The van der Waals surface area contributed by atoms with E-state index in [0.717, 1.165) is 18.2 Å². The molecule has 0 aliphatic carbocycles. The highest BCUT2D eigenvalue weighted by molar-refractivity contribution is 7.80. The second-order valence-corrected chi connectivity index (χ2v) is 5.33. The molecule has 0 heterocycles. The number of benzene rings is 2. The standard InChI is InChI=1S/C16H15N3O6S/c1-24-11-3-5-12(6-4-11)25-9-15(21)18-16(26)17-13-8-10(19(22)23)2-7-14(13)20/h2-8,20H,9H2,1H3,(H2,17,18,21,26). The van der Waals surface area contributed by atoms with Crippen molar-refractivity contribution in [1.82, 2.24) is 5.32 Å². The van der Waals surface area contributed by atoms with Gasteiger partial charge in [-0.15, -0.1) is 0 Å². The van der Waals surface area contributed by atoms with Crippen molar-refractivity contribution in [2.24, 2.45) is 0 Å². The van der Waals surface area contributed by atoms with Crippen molar-refractivity contribution >= 4 is 34.6 Å². The number of hydrogen-bond acceptors (Lipinski definition) is 7. The summed E-state index contributed by atoms with van der Waals surface area (Å²) in [5, 5.41) is 25.2. The lowest BCUT2D eigenvalue weighted by molar-refractivity contribution is -0.384. The molecule has 2 aromatic carbocycles. The number of nitro benzene ring substituents is 1. The molecule has 0 bridgehead atoms.